The van der Waals surface area contributed by atoms with Crippen molar-refractivity contribution in [2.24, 2.45) is 11.7 Å². The number of ether oxygens (including phenoxy) is 1. The third-order valence-corrected chi connectivity index (χ3v) is 3.03. The highest BCUT2D eigenvalue weighted by molar-refractivity contribution is 9.10. The molecular weight excluding hydrogens is 282 g/mol. The third kappa shape index (κ3) is 5.84. The lowest BCUT2D eigenvalue weighted by Crippen LogP contribution is -2.13. The first-order chi connectivity index (χ1) is 8.11. The molecule has 1 unspecified atom stereocenters. The first kappa shape index (κ1) is 14.2. The van der Waals surface area contributed by atoms with E-state index in [1.54, 1.807) is 0 Å². The smallest absolute Gasteiger partial charge is 0.306 e. The van der Waals surface area contributed by atoms with E-state index in [4.69, 9.17) is 10.5 Å². The molecule has 0 saturated heterocycles. The second-order valence-corrected chi connectivity index (χ2v) is 5.09. The van der Waals surface area contributed by atoms with Crippen LogP contribution in [-0.2, 0) is 16.1 Å². The minimum Gasteiger partial charge on any atom is -0.461 e. The summed E-state index contributed by atoms with van der Waals surface area (Å²) < 4.78 is 6.17. The zero-order chi connectivity index (χ0) is 12.7. The number of halogens is 1. The summed E-state index contributed by atoms with van der Waals surface area (Å²) in [6, 6.07) is 7.73. The molecule has 0 fully saturated rings. The maximum absolute atomic E-state index is 11.4. The largest absolute Gasteiger partial charge is 0.461 e. The number of esters is 1. The lowest BCUT2D eigenvalue weighted by molar-refractivity contribution is -0.145. The van der Waals surface area contributed by atoms with E-state index < -0.39 is 0 Å². The van der Waals surface area contributed by atoms with Gasteiger partial charge in [-0.25, -0.2) is 0 Å². The van der Waals surface area contributed by atoms with Crippen molar-refractivity contribution >= 4 is 21.9 Å². The van der Waals surface area contributed by atoms with E-state index in [1.807, 2.05) is 31.2 Å². The Kier molecular flexibility index (Phi) is 6.22. The molecule has 0 amide bonds. The Morgan fingerprint density at radius 2 is 2.29 bits per heavy atom. The topological polar surface area (TPSA) is 52.3 Å². The Balaban J connectivity index is 2.28. The number of carbonyl (C=O) groups is 1. The normalized spacial score (nSPS) is 12.2. The SMILES string of the molecule is CC(CN)CCC(=O)OCc1cccc(Br)c1. The molecule has 3 nitrogen and oxygen atoms in total. The molecule has 0 heterocycles. The van der Waals surface area contributed by atoms with Gasteiger partial charge in [-0.2, -0.15) is 0 Å². The minimum atomic E-state index is -0.162. The molecule has 0 bridgehead atoms. The molecule has 0 aliphatic heterocycles. The maximum Gasteiger partial charge on any atom is 0.306 e. The number of rotatable bonds is 6. The van der Waals surface area contributed by atoms with Crippen LogP contribution in [0.15, 0.2) is 28.7 Å². The molecule has 0 aromatic heterocycles. The van der Waals surface area contributed by atoms with E-state index >= 15 is 0 Å². The Labute approximate surface area is 110 Å². The van der Waals surface area contributed by atoms with Gasteiger partial charge in [-0.05, 0) is 36.6 Å². The van der Waals surface area contributed by atoms with Crippen LogP contribution >= 0.6 is 15.9 Å². The van der Waals surface area contributed by atoms with Crippen molar-refractivity contribution in [1.82, 2.24) is 0 Å². The zero-order valence-electron chi connectivity index (χ0n) is 9.99. The standard InChI is InChI=1S/C13H18BrNO2/c1-10(8-15)5-6-13(16)17-9-11-3-2-4-12(14)7-11/h2-4,7,10H,5-6,8-9,15H2,1H3. The minimum absolute atomic E-state index is 0.162. The van der Waals surface area contributed by atoms with Crippen LogP contribution in [0.3, 0.4) is 0 Å². The highest BCUT2D eigenvalue weighted by Crippen LogP contribution is 2.13. The molecule has 0 radical (unpaired) electrons. The van der Waals surface area contributed by atoms with Crippen LogP contribution in [0.1, 0.15) is 25.3 Å². The van der Waals surface area contributed by atoms with Gasteiger partial charge in [0.15, 0.2) is 0 Å². The summed E-state index contributed by atoms with van der Waals surface area (Å²) in [5, 5.41) is 0. The average Bonchev–Trinajstić information content (AvgIpc) is 2.33. The second kappa shape index (κ2) is 7.45. The van der Waals surface area contributed by atoms with E-state index in [1.165, 1.54) is 0 Å². The van der Waals surface area contributed by atoms with Gasteiger partial charge in [0.2, 0.25) is 0 Å². The summed E-state index contributed by atoms with van der Waals surface area (Å²) in [4.78, 5) is 11.4. The molecule has 0 spiro atoms. The second-order valence-electron chi connectivity index (χ2n) is 4.17. The maximum atomic E-state index is 11.4. The molecule has 2 N–H and O–H groups in total. The van der Waals surface area contributed by atoms with Crippen molar-refractivity contribution in [3.8, 4) is 0 Å². The molecule has 1 atom stereocenters. The Morgan fingerprint density at radius 3 is 2.94 bits per heavy atom. The first-order valence-corrected chi connectivity index (χ1v) is 6.51. The van der Waals surface area contributed by atoms with E-state index in [9.17, 15) is 4.79 Å². The van der Waals surface area contributed by atoms with Crippen LogP contribution in [0.2, 0.25) is 0 Å². The highest BCUT2D eigenvalue weighted by Gasteiger charge is 2.06. The van der Waals surface area contributed by atoms with Gasteiger partial charge < -0.3 is 10.5 Å². The van der Waals surface area contributed by atoms with Gasteiger partial charge in [-0.15, -0.1) is 0 Å². The van der Waals surface area contributed by atoms with Crippen LogP contribution in [0.5, 0.6) is 0 Å². The molecule has 0 aliphatic rings. The van der Waals surface area contributed by atoms with E-state index in [0.29, 0.717) is 25.5 Å². The van der Waals surface area contributed by atoms with Crippen LogP contribution in [0.4, 0.5) is 0 Å². The Hall–Kier alpha value is -0.870. The number of hydrogen-bond acceptors (Lipinski definition) is 3. The molecule has 0 aliphatic carbocycles. The van der Waals surface area contributed by atoms with Gasteiger partial charge in [0.25, 0.3) is 0 Å². The number of carbonyl (C=O) groups excluding carboxylic acids is 1. The predicted octanol–water partition coefficient (Wildman–Crippen LogP) is 2.87. The lowest BCUT2D eigenvalue weighted by Gasteiger charge is -2.08. The van der Waals surface area contributed by atoms with Crippen LogP contribution < -0.4 is 5.73 Å². The zero-order valence-corrected chi connectivity index (χ0v) is 11.6. The van der Waals surface area contributed by atoms with Crippen molar-refractivity contribution in [2.45, 2.75) is 26.4 Å². The van der Waals surface area contributed by atoms with Gasteiger partial charge in [0.1, 0.15) is 6.61 Å². The summed E-state index contributed by atoms with van der Waals surface area (Å²) in [5.41, 5.74) is 6.47. The summed E-state index contributed by atoms with van der Waals surface area (Å²) in [6.45, 7) is 2.97. The fourth-order valence-corrected chi connectivity index (χ4v) is 1.79. The van der Waals surface area contributed by atoms with Crippen LogP contribution in [0.25, 0.3) is 0 Å². The van der Waals surface area contributed by atoms with Crippen molar-refractivity contribution in [1.29, 1.82) is 0 Å². The molecule has 17 heavy (non-hydrogen) atoms. The molecule has 0 saturated carbocycles. The summed E-state index contributed by atoms with van der Waals surface area (Å²) in [6.07, 6.45) is 1.22. The molecule has 4 heteroatoms. The first-order valence-electron chi connectivity index (χ1n) is 5.72. The molecule has 94 valence electrons. The van der Waals surface area contributed by atoms with Crippen molar-refractivity contribution in [3.63, 3.8) is 0 Å². The van der Waals surface area contributed by atoms with Crippen molar-refractivity contribution in [3.05, 3.63) is 34.3 Å². The van der Waals surface area contributed by atoms with Crippen molar-refractivity contribution < 1.29 is 9.53 Å². The fraction of sp³-hybridized carbons (Fsp3) is 0.462. The van der Waals surface area contributed by atoms with Gasteiger partial charge in [0, 0.05) is 10.9 Å². The van der Waals surface area contributed by atoms with E-state index in [0.717, 1.165) is 16.5 Å². The Bertz CT molecular complexity index is 368. The summed E-state index contributed by atoms with van der Waals surface area (Å²) >= 11 is 3.37. The molecular formula is C13H18BrNO2. The average molecular weight is 300 g/mol. The molecule has 1 aromatic carbocycles. The van der Waals surface area contributed by atoms with Gasteiger partial charge in [-0.3, -0.25) is 4.79 Å². The summed E-state index contributed by atoms with van der Waals surface area (Å²) in [7, 11) is 0. The van der Waals surface area contributed by atoms with Crippen LogP contribution in [0, 0.1) is 5.92 Å². The highest BCUT2D eigenvalue weighted by atomic mass is 79.9. The van der Waals surface area contributed by atoms with Gasteiger partial charge in [0.05, 0.1) is 0 Å². The van der Waals surface area contributed by atoms with Crippen LogP contribution in [-0.4, -0.2) is 12.5 Å². The number of hydrogen-bond donors (Lipinski definition) is 1. The molecule has 1 rings (SSSR count). The Morgan fingerprint density at radius 1 is 1.53 bits per heavy atom. The number of nitrogens with two attached hydrogens (primary N) is 1. The van der Waals surface area contributed by atoms with Gasteiger partial charge in [-0.1, -0.05) is 35.0 Å². The number of benzene rings is 1. The van der Waals surface area contributed by atoms with E-state index in [2.05, 4.69) is 15.9 Å². The molecule has 1 aromatic rings. The quantitative estimate of drug-likeness (QED) is 0.822. The van der Waals surface area contributed by atoms with E-state index in [-0.39, 0.29) is 5.97 Å². The monoisotopic (exact) mass is 299 g/mol. The van der Waals surface area contributed by atoms with Crippen molar-refractivity contribution in [2.75, 3.05) is 6.54 Å². The predicted molar refractivity (Wildman–Crippen MR) is 71.4 cm³/mol. The lowest BCUT2D eigenvalue weighted by atomic mass is 10.1. The summed E-state index contributed by atoms with van der Waals surface area (Å²) in [5.74, 6) is 0.207. The third-order valence-electron chi connectivity index (χ3n) is 2.53. The fourth-order valence-electron chi connectivity index (χ4n) is 1.34. The van der Waals surface area contributed by atoms with Gasteiger partial charge >= 0.3 is 5.97 Å².